The zero-order chi connectivity index (χ0) is 39.9. The van der Waals surface area contributed by atoms with Crippen LogP contribution in [0.4, 0.5) is 11.6 Å². The molecule has 11 aliphatic rings. The van der Waals surface area contributed by atoms with Gasteiger partial charge < -0.3 is 13.8 Å². The summed E-state index contributed by atoms with van der Waals surface area (Å²) in [6.45, 7) is 1.25. The molecule has 0 spiro atoms. The number of hydrogen-bond acceptors (Lipinski definition) is 8. The molecule has 11 heteroatoms. The lowest BCUT2D eigenvalue weighted by Gasteiger charge is -2.57. The number of aliphatic imine (C=N–C) groups is 3. The smallest absolute Gasteiger partial charge is 0.361 e. The van der Waals surface area contributed by atoms with Crippen molar-refractivity contribution in [1.29, 1.82) is 0 Å². The number of amidine groups is 3. The van der Waals surface area contributed by atoms with Gasteiger partial charge in [-0.05, 0) is 106 Å². The summed E-state index contributed by atoms with van der Waals surface area (Å²) in [6.07, 6.45) is 26.1. The maximum atomic E-state index is 8.24. The van der Waals surface area contributed by atoms with E-state index in [-0.39, 0.29) is 5.41 Å². The van der Waals surface area contributed by atoms with E-state index >= 15 is 0 Å². The zero-order valence-corrected chi connectivity index (χ0v) is 35.8. The number of nitrogens with zero attached hydrogens (tertiary/aromatic N) is 7. The van der Waals surface area contributed by atoms with Crippen molar-refractivity contribution in [3.63, 3.8) is 0 Å². The van der Waals surface area contributed by atoms with Crippen LogP contribution in [0.5, 0.6) is 0 Å². The average Bonchev–Trinajstić information content (AvgIpc) is 4.00. The van der Waals surface area contributed by atoms with Crippen molar-refractivity contribution in [3.8, 4) is 0 Å². The van der Waals surface area contributed by atoms with Crippen molar-refractivity contribution in [2.45, 2.75) is 102 Å². The van der Waals surface area contributed by atoms with Crippen LogP contribution in [0.15, 0.2) is 103 Å². The Morgan fingerprint density at radius 3 is 2.30 bits per heavy atom. The van der Waals surface area contributed by atoms with Crippen LogP contribution < -0.4 is 11.0 Å². The second-order valence-electron chi connectivity index (χ2n) is 20.0. The van der Waals surface area contributed by atoms with Crippen LogP contribution in [0, 0.1) is 29.1 Å². The van der Waals surface area contributed by atoms with Crippen LogP contribution in [0.3, 0.4) is 0 Å². The van der Waals surface area contributed by atoms with Gasteiger partial charge >= 0.3 is 8.88 Å². The summed E-state index contributed by atoms with van der Waals surface area (Å²) in [6, 6.07) is 17.5. The van der Waals surface area contributed by atoms with Crippen molar-refractivity contribution < 1.29 is 8.85 Å². The number of benzene rings is 2. The Kier molecular flexibility index (Phi) is 7.74. The molecule has 0 amide bonds. The molecule has 0 radical (unpaired) electrons. The highest BCUT2D eigenvalue weighted by Gasteiger charge is 2.62. The molecule has 0 saturated heterocycles. The third kappa shape index (κ3) is 5.29. The van der Waals surface area contributed by atoms with E-state index in [4.69, 9.17) is 33.8 Å². The second kappa shape index (κ2) is 13.3. The standard InChI is InChI=1S/C50H52N8O2Si/c1-2-12-30(13-3-1)28-59-61(60-29-50-25-31-22-32(26-50)24-33(23-31)27-50)57-46-38-18-8-9-19-39(38)48(57)55-44-36-16-6-7-17-37(36)45(52-44)56-49-41-21-11-10-20-40(41)47(58(49)61)54-43-35-15-5-4-14-34(35)42(51-43)53-46/h4,7-11,14,17-21,30-33,47,52H,1-3,5-6,12-13,15-16,22-29H2. The summed E-state index contributed by atoms with van der Waals surface area (Å²) in [5.41, 5.74) is 8.46. The number of allylic oxidation sites excluding steroid dienone is 2. The highest BCUT2D eigenvalue weighted by atomic mass is 28.4. The van der Waals surface area contributed by atoms with E-state index in [9.17, 15) is 0 Å². The minimum Gasteiger partial charge on any atom is -0.361 e. The molecule has 5 saturated carbocycles. The Hall–Kier alpha value is -4.97. The van der Waals surface area contributed by atoms with E-state index in [2.05, 4.69) is 86.6 Å². The average molecular weight is 825 g/mol. The molecule has 2 aromatic carbocycles. The molecule has 2 unspecified atom stereocenters. The lowest BCUT2D eigenvalue weighted by molar-refractivity contribution is -0.0856. The number of rotatable bonds is 6. The molecule has 61 heavy (non-hydrogen) atoms. The fraction of sp³-hybridized carbons (Fsp3) is 0.460. The Labute approximate surface area is 357 Å². The Morgan fingerprint density at radius 1 is 0.738 bits per heavy atom. The van der Waals surface area contributed by atoms with Gasteiger partial charge in [0.15, 0.2) is 11.7 Å². The van der Waals surface area contributed by atoms with Gasteiger partial charge in [-0.2, -0.15) is 0 Å². The van der Waals surface area contributed by atoms with Crippen LogP contribution >= 0.6 is 0 Å². The maximum absolute atomic E-state index is 8.24. The summed E-state index contributed by atoms with van der Waals surface area (Å²) in [7, 11) is -4.04. The quantitative estimate of drug-likeness (QED) is 0.196. The fourth-order valence-electron chi connectivity index (χ4n) is 13.8. The van der Waals surface area contributed by atoms with Gasteiger partial charge in [-0.1, -0.05) is 92.1 Å². The highest BCUT2D eigenvalue weighted by Crippen LogP contribution is 2.60. The van der Waals surface area contributed by atoms with Crippen molar-refractivity contribution in [1.82, 2.24) is 13.8 Å². The van der Waals surface area contributed by atoms with E-state index < -0.39 is 15.0 Å². The summed E-state index contributed by atoms with van der Waals surface area (Å²) >= 11 is 0. The van der Waals surface area contributed by atoms with Crippen LogP contribution in [-0.4, -0.2) is 53.4 Å². The van der Waals surface area contributed by atoms with Gasteiger partial charge in [0.2, 0.25) is 0 Å². The monoisotopic (exact) mass is 824 g/mol. The molecular weight excluding hydrogens is 773 g/mol. The minimum absolute atomic E-state index is 0.117. The number of hydrogen-bond donors (Lipinski definition) is 1. The van der Waals surface area contributed by atoms with Gasteiger partial charge in [0.25, 0.3) is 0 Å². The number of aromatic amines is 1. The lowest BCUT2D eigenvalue weighted by Crippen LogP contribution is -2.71. The van der Waals surface area contributed by atoms with Gasteiger partial charge in [0, 0.05) is 57.4 Å². The third-order valence-corrected chi connectivity index (χ3v) is 19.2. The van der Waals surface area contributed by atoms with E-state index in [1.807, 2.05) is 0 Å². The first-order chi connectivity index (χ1) is 30.1. The largest absolute Gasteiger partial charge is 0.599 e. The molecular formula is C50H52N8O2Si. The van der Waals surface area contributed by atoms with Crippen molar-refractivity contribution in [3.05, 3.63) is 111 Å². The summed E-state index contributed by atoms with van der Waals surface area (Å²) in [5.74, 6) is 6.82. The van der Waals surface area contributed by atoms with Crippen molar-refractivity contribution in [2.24, 2.45) is 54.0 Å². The molecule has 2 atom stereocenters. The van der Waals surface area contributed by atoms with Gasteiger partial charge in [-0.25, -0.2) is 25.0 Å². The molecule has 4 aliphatic heterocycles. The first-order valence-corrected chi connectivity index (χ1v) is 25.1. The molecule has 308 valence electrons. The molecule has 6 heterocycles. The molecule has 10 nitrogen and oxygen atoms in total. The Balaban J connectivity index is 1.12. The van der Waals surface area contributed by atoms with Gasteiger partial charge in [-0.15, -0.1) is 0 Å². The first kappa shape index (κ1) is 35.6. The normalized spacial score (nSPS) is 31.3. The van der Waals surface area contributed by atoms with Gasteiger partial charge in [0.1, 0.15) is 34.6 Å². The zero-order valence-electron chi connectivity index (χ0n) is 34.8. The Morgan fingerprint density at radius 2 is 1.48 bits per heavy atom. The third-order valence-electron chi connectivity index (χ3n) is 16.1. The van der Waals surface area contributed by atoms with Crippen LogP contribution in [0.25, 0.3) is 16.8 Å². The Bertz CT molecular complexity index is 2850. The van der Waals surface area contributed by atoms with Crippen LogP contribution in [0.2, 0.25) is 0 Å². The van der Waals surface area contributed by atoms with E-state index in [1.54, 1.807) is 0 Å². The second-order valence-corrected chi connectivity index (χ2v) is 22.6. The molecule has 1 N–H and O–H groups in total. The number of aromatic nitrogens is 2. The molecule has 7 aliphatic carbocycles. The molecule has 4 aromatic rings. The first-order valence-electron chi connectivity index (χ1n) is 23.4. The van der Waals surface area contributed by atoms with Gasteiger partial charge in [0.05, 0.1) is 0 Å². The van der Waals surface area contributed by atoms with Crippen LogP contribution in [-0.2, 0) is 15.3 Å². The summed E-state index contributed by atoms with van der Waals surface area (Å²) in [4.78, 5) is 32.3. The summed E-state index contributed by atoms with van der Waals surface area (Å²) < 4.78 is 21.2. The van der Waals surface area contributed by atoms with Crippen molar-refractivity contribution >= 4 is 54.9 Å². The maximum Gasteiger partial charge on any atom is 0.599 e. The molecule has 10 bridgehead atoms. The van der Waals surface area contributed by atoms with Gasteiger partial charge in [-0.3, -0.25) is 8.80 Å². The van der Waals surface area contributed by atoms with E-state index in [0.717, 1.165) is 124 Å². The molecule has 2 aromatic heterocycles. The summed E-state index contributed by atoms with van der Waals surface area (Å²) in [5, 5.41) is 2.06. The highest BCUT2D eigenvalue weighted by molar-refractivity contribution is 6.66. The lowest BCUT2D eigenvalue weighted by atomic mass is 9.50. The SMILES string of the molecule is C1=CC2=C(CC1)C1=NC3c4ccccc4C4=Nc5[nH]c(c6c5C=CCC6)N=c5c6ccccc6c(n5[Si](OCC5CCCCC5)(OCC56CC7CC(CC(C7)C5)C6)N43)=NC2=N1. The predicted octanol–water partition coefficient (Wildman–Crippen LogP) is 9.49. The van der Waals surface area contributed by atoms with Crippen molar-refractivity contribution in [2.75, 3.05) is 13.2 Å². The van der Waals surface area contributed by atoms with E-state index in [1.165, 1.54) is 68.9 Å². The number of fused-ring (bicyclic) bond motifs is 14. The number of nitrogens with one attached hydrogen (secondary N) is 1. The van der Waals surface area contributed by atoms with E-state index in [0.29, 0.717) is 25.0 Å². The number of H-pyrrole nitrogens is 1. The minimum atomic E-state index is -4.04. The molecule has 5 fully saturated rings. The predicted molar refractivity (Wildman–Crippen MR) is 240 cm³/mol. The molecule has 15 rings (SSSR count). The van der Waals surface area contributed by atoms with Crippen LogP contribution in [0.1, 0.15) is 118 Å². The topological polar surface area (TPSA) is 104 Å². The fourth-order valence-corrected chi connectivity index (χ4v) is 17.4.